The maximum absolute atomic E-state index is 15.2. The number of primary amides is 1. The molecular weight excluding hydrogens is 1790 g/mol. The number of H-pyrrole nitrogens is 1. The number of nitrogens with two attached hydrogens (primary N) is 5. The summed E-state index contributed by atoms with van der Waals surface area (Å²) in [5, 5.41) is 100. The van der Waals surface area contributed by atoms with Gasteiger partial charge in [-0.1, -0.05) is 181 Å². The Morgan fingerprint density at radius 3 is 1.47 bits per heavy atom. The fourth-order valence-electron chi connectivity index (χ4n) is 15.0. The van der Waals surface area contributed by atoms with E-state index >= 15 is 4.79 Å². The van der Waals surface area contributed by atoms with Gasteiger partial charge in [-0.25, -0.2) is 20.0 Å². The number of rotatable bonds is 59. The van der Waals surface area contributed by atoms with Gasteiger partial charge in [0.05, 0.1) is 12.6 Å². The first-order valence-corrected chi connectivity index (χ1v) is 50.3. The molecule has 0 saturated heterocycles. The van der Waals surface area contributed by atoms with E-state index in [1.807, 2.05) is 18.2 Å². The van der Waals surface area contributed by atoms with Crippen molar-refractivity contribution >= 4 is 127 Å². The lowest BCUT2D eigenvalue weighted by molar-refractivity contribution is -0.136. The normalized spacial score (nSPS) is 17.9. The Balaban J connectivity index is 1.38. The van der Waals surface area contributed by atoms with E-state index < -0.39 is 192 Å². The van der Waals surface area contributed by atoms with Crippen LogP contribution in [0.2, 0.25) is 0 Å². The lowest BCUT2D eigenvalue weighted by Gasteiger charge is -2.28. The fraction of sp³-hybridized carbons (Fsp3) is 0.621. The average molecular weight is 1940 g/mol. The molecule has 1 aliphatic rings. The first-order valence-electron chi connectivity index (χ1n) is 47.8. The lowest BCUT2D eigenvalue weighted by atomic mass is 9.99. The Labute approximate surface area is 805 Å². The number of carbonyl (C=O) groups is 12. The van der Waals surface area contributed by atoms with Crippen LogP contribution < -0.4 is 87.2 Å². The van der Waals surface area contributed by atoms with E-state index in [-0.39, 0.29) is 113 Å². The molecule has 0 fully saturated rings. The number of nitrogens with zero attached hydrogens (tertiary/aromatic N) is 4. The number of nitrogens with one attached hydrogen (secondary N) is 12. The Kier molecular flexibility index (Phi) is 53.9. The number of aromatic nitrogens is 1. The molecule has 2 heterocycles. The molecule has 0 saturated carbocycles. The SMILES string of the molecule is CCCCCCCCCCCCCC(=O)N[C@H](C(=O)N[C@H](C(=O)N[C@@H](C)C(=O)N[C@@H](C)C(=O)N[C@@H](CCCCN)C(=O)N[C@@H](CCCCN)C(=O)N[C@@H](CCCCN)C(=O)NCC(=O)N[C@H](Cc1ccccc1)C(=O)N[C@H]1CSSC[C@@H](C(=O)N[C@H](C(N)=O)[C@@H](C)O)N=C(O)[C@H](CCCCN)N=C(O)[C@@H](Cc2c[nH]c3ccccc23)N=C(O)[C@H](Cc2ccc(O)cc2)N=C1O)C(C)C)C(C)C. The third-order valence-corrected chi connectivity index (χ3v) is 25.5. The first kappa shape index (κ1) is 116. The molecule has 41 heteroatoms. The number of aliphatic imine (C=N–C) groups is 4. The van der Waals surface area contributed by atoms with Crippen LogP contribution in [0.3, 0.4) is 0 Å². The molecule has 1 aliphatic heterocycles. The molecule has 15 atom stereocenters. The highest BCUT2D eigenvalue weighted by Gasteiger charge is 2.38. The zero-order valence-electron chi connectivity index (χ0n) is 80.0. The van der Waals surface area contributed by atoms with Crippen LogP contribution in [0.25, 0.3) is 10.9 Å². The summed E-state index contributed by atoms with van der Waals surface area (Å²) in [5.41, 5.74) is 31.4. The second-order valence-corrected chi connectivity index (χ2v) is 37.9. The second kappa shape index (κ2) is 63.4. The number of aromatic amines is 1. The molecule has 136 heavy (non-hydrogen) atoms. The number of hydrogen-bond donors (Lipinski definition) is 23. The van der Waals surface area contributed by atoms with E-state index in [1.165, 1.54) is 90.0 Å². The van der Waals surface area contributed by atoms with Crippen molar-refractivity contribution in [2.24, 2.45) is 60.5 Å². The molecule has 1 aromatic heterocycles. The molecule has 0 aliphatic carbocycles. The maximum Gasteiger partial charge on any atom is 0.246 e. The monoisotopic (exact) mass is 1940 g/mol. The van der Waals surface area contributed by atoms with Crippen molar-refractivity contribution < 1.29 is 88.2 Å². The Morgan fingerprint density at radius 1 is 0.434 bits per heavy atom. The van der Waals surface area contributed by atoms with Crippen molar-refractivity contribution in [2.45, 2.75) is 319 Å². The molecule has 3 aromatic carbocycles. The van der Waals surface area contributed by atoms with Gasteiger partial charge in [-0.15, -0.1) is 0 Å². The predicted octanol–water partition coefficient (Wildman–Crippen LogP) is 5.00. The molecule has 5 rings (SSSR count). The number of phenols is 1. The maximum atomic E-state index is 15.2. The van der Waals surface area contributed by atoms with Crippen LogP contribution in [-0.2, 0) is 76.8 Å². The van der Waals surface area contributed by atoms with Gasteiger partial charge in [0.25, 0.3) is 0 Å². The lowest BCUT2D eigenvalue weighted by Crippen LogP contribution is -2.60. The molecule has 39 nitrogen and oxygen atoms in total. The number of benzene rings is 3. The van der Waals surface area contributed by atoms with E-state index in [4.69, 9.17) is 28.7 Å². The van der Waals surface area contributed by atoms with Gasteiger partial charge < -0.3 is 123 Å². The third-order valence-electron chi connectivity index (χ3n) is 23.1. The molecule has 28 N–H and O–H groups in total. The number of hydrogen-bond acceptors (Lipinski definition) is 24. The summed E-state index contributed by atoms with van der Waals surface area (Å²) >= 11 is 0. The first-order chi connectivity index (χ1) is 65.0. The minimum Gasteiger partial charge on any atom is -0.508 e. The zero-order chi connectivity index (χ0) is 100. The Morgan fingerprint density at radius 2 is 0.912 bits per heavy atom. The average Bonchev–Trinajstić information content (AvgIpc) is 1.69. The highest BCUT2D eigenvalue weighted by Crippen LogP contribution is 2.28. The third kappa shape index (κ3) is 42.3. The summed E-state index contributed by atoms with van der Waals surface area (Å²) in [4.78, 5) is 190. The summed E-state index contributed by atoms with van der Waals surface area (Å²) in [7, 11) is 1.88. The minimum absolute atomic E-state index is 0.00531. The quantitative estimate of drug-likeness (QED) is 0.0204. The van der Waals surface area contributed by atoms with Crippen LogP contribution in [-0.4, -0.2) is 265 Å². The number of phenolic OH excluding ortho intramolecular Hbond substituents is 1. The van der Waals surface area contributed by atoms with Crippen molar-refractivity contribution in [3.8, 4) is 5.75 Å². The molecule has 756 valence electrons. The molecule has 0 spiro atoms. The Bertz CT molecular complexity index is 4520. The predicted molar refractivity (Wildman–Crippen MR) is 531 cm³/mol. The van der Waals surface area contributed by atoms with Crippen molar-refractivity contribution in [1.82, 2.24) is 63.5 Å². The van der Waals surface area contributed by atoms with Crippen LogP contribution in [0.1, 0.15) is 226 Å². The van der Waals surface area contributed by atoms with Gasteiger partial charge in [-0.3, -0.25) is 57.5 Å². The van der Waals surface area contributed by atoms with Gasteiger partial charge >= 0.3 is 0 Å². The minimum atomic E-state index is -1.63. The molecular formula is C95H151N21O18S2. The number of para-hydroxylation sites is 1. The summed E-state index contributed by atoms with van der Waals surface area (Å²) in [6, 6.07) is 2.08. The van der Waals surface area contributed by atoms with Crippen LogP contribution in [0.4, 0.5) is 0 Å². The van der Waals surface area contributed by atoms with Gasteiger partial charge in [0.15, 0.2) is 0 Å². The zero-order valence-corrected chi connectivity index (χ0v) is 81.6. The number of aromatic hydroxyl groups is 1. The van der Waals surface area contributed by atoms with E-state index in [0.717, 1.165) is 40.9 Å². The number of fused-ring (bicyclic) bond motifs is 1. The highest BCUT2D eigenvalue weighted by molar-refractivity contribution is 8.76. The number of carbonyl (C=O) groups excluding carboxylic acids is 12. The standard InChI is InChI=1S/C95H151N21O18S2/c1-9-10-11-12-13-14-15-16-17-18-22-41-77(119)114-79(57(2)3)95(134)115-80(58(4)5)94(133)104-59(6)83(122)103-60(7)84(123)106-69(38-26-30-47-97)86(125)108-70(39-27-31-48-98)87(126)107-68(37-25-29-46-96)85(124)102-54-78(120)105-72(50-62-33-20-19-21-34-62)89(128)113-75-55-135-136-56-76(93(132)116-81(61(8)117)82(100)121)112-88(127)71(40-28-32-49-99)109-91(130)74(52-64-53-101-67-36-24-23-35-66(64)67)111-90(129)73(110-92(75)131)51-63-42-44-65(118)45-43-63/h19-21,23-24,33-36,42-45,53,57-61,68-76,79-81,101,117-118H,9-18,22,25-32,37-41,46-52,54-56,96-99H2,1-8H3,(H2,100,121)(H,102,124)(H,103,122)(H,104,133)(H,105,120)(H,106,123)(H,107,126)(H,108,125)(H,109,130)(H,110,131)(H,111,129)(H,112,127)(H,113,128)(H,114,119)(H,115,134)(H,116,132)/t59-,60-,61+,68-,69-,70-,71-,72+,73-,74+,75-,76-,79-,80-,81-/m0/s1. The Hall–Kier alpha value is -11.0. The fourth-order valence-corrected chi connectivity index (χ4v) is 17.3. The van der Waals surface area contributed by atoms with Gasteiger partial charge in [0, 0.05) is 54.3 Å². The largest absolute Gasteiger partial charge is 0.508 e. The van der Waals surface area contributed by atoms with Crippen molar-refractivity contribution in [3.63, 3.8) is 0 Å². The van der Waals surface area contributed by atoms with E-state index in [0.29, 0.717) is 79.0 Å². The van der Waals surface area contributed by atoms with Crippen molar-refractivity contribution in [3.05, 3.63) is 102 Å². The molecule has 0 unspecified atom stereocenters. The van der Waals surface area contributed by atoms with Gasteiger partial charge in [-0.05, 0) is 177 Å². The van der Waals surface area contributed by atoms with Crippen LogP contribution in [0, 0.1) is 11.8 Å². The van der Waals surface area contributed by atoms with Crippen LogP contribution in [0.15, 0.2) is 105 Å². The smallest absolute Gasteiger partial charge is 0.246 e. The molecule has 4 aromatic rings. The van der Waals surface area contributed by atoms with Crippen LogP contribution >= 0.6 is 21.6 Å². The topological polar surface area (TPSA) is 654 Å². The van der Waals surface area contributed by atoms with Gasteiger partial charge in [0.1, 0.15) is 90.3 Å². The summed E-state index contributed by atoms with van der Waals surface area (Å²) in [6.07, 6.45) is 15.0. The van der Waals surface area contributed by atoms with Crippen LogP contribution in [0.5, 0.6) is 5.75 Å². The second-order valence-electron chi connectivity index (χ2n) is 35.3. The number of amides is 12. The highest BCUT2D eigenvalue weighted by atomic mass is 33.1. The van der Waals surface area contributed by atoms with E-state index in [9.17, 15) is 83.4 Å². The molecule has 0 bridgehead atoms. The van der Waals surface area contributed by atoms with Gasteiger partial charge in [0.2, 0.25) is 94.5 Å². The van der Waals surface area contributed by atoms with Gasteiger partial charge in [-0.2, -0.15) is 0 Å². The van der Waals surface area contributed by atoms with Crippen molar-refractivity contribution in [1.29, 1.82) is 0 Å². The number of unbranched alkanes of at least 4 members (excludes halogenated alkanes) is 14. The van der Waals surface area contributed by atoms with Crippen molar-refractivity contribution in [2.75, 3.05) is 44.2 Å². The summed E-state index contributed by atoms with van der Waals surface area (Å²) < 4.78 is 0. The number of aliphatic hydroxyl groups excluding tert-OH is 5. The molecule has 0 radical (unpaired) electrons. The summed E-state index contributed by atoms with van der Waals surface area (Å²) in [6.45, 7) is 13.2. The molecule has 12 amide bonds. The van der Waals surface area contributed by atoms with E-state index in [2.05, 4.69) is 90.4 Å². The van der Waals surface area contributed by atoms with E-state index in [1.54, 1.807) is 70.3 Å². The summed E-state index contributed by atoms with van der Waals surface area (Å²) in [5.74, 6) is -14.2. The number of aliphatic hydroxyl groups is 5.